The molecule has 2 aromatic carbocycles. The van der Waals surface area contributed by atoms with Gasteiger partial charge in [-0.2, -0.15) is 0 Å². The molecule has 1 atom stereocenters. The first-order valence-corrected chi connectivity index (χ1v) is 8.90. The van der Waals surface area contributed by atoms with Gasteiger partial charge >= 0.3 is 0 Å². The van der Waals surface area contributed by atoms with Crippen LogP contribution in [-0.4, -0.2) is 17.0 Å². The number of nitrogens with zero attached hydrogens (tertiary/aromatic N) is 1. The fourth-order valence-corrected chi connectivity index (χ4v) is 3.60. The van der Waals surface area contributed by atoms with Gasteiger partial charge in [-0.25, -0.2) is 4.99 Å². The summed E-state index contributed by atoms with van der Waals surface area (Å²) < 4.78 is 12.7. The minimum Gasteiger partial charge on any atom is -0.486 e. The molecule has 0 N–H and O–H groups in total. The van der Waals surface area contributed by atoms with E-state index < -0.39 is 0 Å². The van der Waals surface area contributed by atoms with Crippen LogP contribution in [0.5, 0.6) is 5.75 Å². The van der Waals surface area contributed by atoms with Crippen LogP contribution in [-0.2, 0) is 11.2 Å². The van der Waals surface area contributed by atoms with Crippen molar-refractivity contribution < 1.29 is 9.47 Å². The van der Waals surface area contributed by atoms with Gasteiger partial charge in [-0.3, -0.25) is 0 Å². The number of hydrogen-bond acceptors (Lipinski definition) is 3. The van der Waals surface area contributed by atoms with Gasteiger partial charge in [-0.15, -0.1) is 0 Å². The number of ether oxygens (including phenoxy) is 2. The molecule has 130 valence electrons. The highest BCUT2D eigenvalue weighted by Crippen LogP contribution is 2.47. The lowest BCUT2D eigenvalue weighted by Crippen LogP contribution is -2.25. The Balaban J connectivity index is 1.90. The van der Waals surface area contributed by atoms with Gasteiger partial charge in [0.05, 0.1) is 11.1 Å². The molecule has 4 rings (SSSR count). The van der Waals surface area contributed by atoms with E-state index in [9.17, 15) is 0 Å². The van der Waals surface area contributed by atoms with E-state index in [-0.39, 0.29) is 17.2 Å². The zero-order chi connectivity index (χ0) is 17.8. The molecule has 3 heteroatoms. The smallest absolute Gasteiger partial charge is 0.221 e. The molecule has 1 unspecified atom stereocenters. The largest absolute Gasteiger partial charge is 0.486 e. The fourth-order valence-electron chi connectivity index (χ4n) is 3.60. The highest BCUT2D eigenvalue weighted by atomic mass is 16.5. The number of benzene rings is 2. The molecule has 0 radical (unpaired) electrons. The van der Waals surface area contributed by atoms with Gasteiger partial charge in [0, 0.05) is 12.0 Å². The molecule has 0 spiro atoms. The van der Waals surface area contributed by atoms with Crippen LogP contribution in [0.1, 0.15) is 63.0 Å². The van der Waals surface area contributed by atoms with Crippen LogP contribution in [0.15, 0.2) is 47.5 Å². The number of fused-ring (bicyclic) bond motifs is 3. The van der Waals surface area contributed by atoms with Gasteiger partial charge in [-0.1, -0.05) is 42.5 Å². The van der Waals surface area contributed by atoms with E-state index in [1.807, 2.05) is 18.2 Å². The second-order valence-electron chi connectivity index (χ2n) is 8.55. The Hall–Kier alpha value is -2.29. The molecule has 2 aliphatic rings. The van der Waals surface area contributed by atoms with E-state index in [4.69, 9.17) is 14.5 Å². The van der Waals surface area contributed by atoms with Crippen molar-refractivity contribution >= 4 is 5.90 Å². The molecular formula is C22H25NO2. The van der Waals surface area contributed by atoms with Crippen molar-refractivity contribution in [1.82, 2.24) is 0 Å². The predicted octanol–water partition coefficient (Wildman–Crippen LogP) is 5.06. The first-order chi connectivity index (χ1) is 11.7. The summed E-state index contributed by atoms with van der Waals surface area (Å²) in [4.78, 5) is 4.87. The Bertz CT molecular complexity index is 844. The summed E-state index contributed by atoms with van der Waals surface area (Å²) in [7, 11) is 0. The molecule has 3 nitrogen and oxygen atoms in total. The molecule has 2 aliphatic heterocycles. The highest BCUT2D eigenvalue weighted by Gasteiger charge is 2.40. The van der Waals surface area contributed by atoms with E-state index in [0.717, 1.165) is 28.9 Å². The maximum absolute atomic E-state index is 6.36. The van der Waals surface area contributed by atoms with E-state index in [1.54, 1.807) is 0 Å². The lowest BCUT2D eigenvalue weighted by Gasteiger charge is -2.18. The second-order valence-corrected chi connectivity index (χ2v) is 8.55. The van der Waals surface area contributed by atoms with Crippen molar-refractivity contribution in [3.63, 3.8) is 0 Å². The van der Waals surface area contributed by atoms with Crippen LogP contribution in [0.4, 0.5) is 0 Å². The van der Waals surface area contributed by atoms with Gasteiger partial charge in [0.2, 0.25) is 5.90 Å². The average Bonchev–Trinajstić information content (AvgIpc) is 3.02. The van der Waals surface area contributed by atoms with Crippen LogP contribution >= 0.6 is 0 Å². The van der Waals surface area contributed by atoms with Gasteiger partial charge in [0.1, 0.15) is 11.4 Å². The Morgan fingerprint density at radius 2 is 1.76 bits per heavy atom. The summed E-state index contributed by atoms with van der Waals surface area (Å²) >= 11 is 0. The molecule has 0 saturated carbocycles. The number of rotatable bonds is 1. The Morgan fingerprint density at radius 3 is 2.44 bits per heavy atom. The summed E-state index contributed by atoms with van der Waals surface area (Å²) in [6.07, 6.45) is 0.781. The molecule has 0 amide bonds. The minimum absolute atomic E-state index is 0.130. The standard InChI is InChI=1S/C22H25NO2/c1-21(2,3)23-20-17-16(18(24-20)14-9-7-6-8-10-14)12-11-15-13-22(4,5)25-19(15)17/h6-12,18H,13H2,1-5H3. The van der Waals surface area contributed by atoms with Crippen LogP contribution < -0.4 is 4.74 Å². The normalized spacial score (nSPS) is 22.3. The monoisotopic (exact) mass is 335 g/mol. The molecule has 0 saturated heterocycles. The summed E-state index contributed by atoms with van der Waals surface area (Å²) in [5.41, 5.74) is 4.16. The van der Waals surface area contributed by atoms with Crippen LogP contribution in [0, 0.1) is 0 Å². The molecule has 2 aromatic rings. The fraction of sp³-hybridized carbons (Fsp3) is 0.409. The van der Waals surface area contributed by atoms with Gasteiger partial charge in [0.15, 0.2) is 6.10 Å². The molecule has 0 bridgehead atoms. The summed E-state index contributed by atoms with van der Waals surface area (Å²) in [5.74, 6) is 1.65. The number of aliphatic imine (C=N–C) groups is 1. The summed E-state index contributed by atoms with van der Waals surface area (Å²) in [5, 5.41) is 0. The highest BCUT2D eigenvalue weighted by molar-refractivity contribution is 6.02. The van der Waals surface area contributed by atoms with Crippen molar-refractivity contribution in [3.05, 3.63) is 64.7 Å². The minimum atomic E-state index is -0.213. The third-order valence-corrected chi connectivity index (χ3v) is 4.53. The topological polar surface area (TPSA) is 30.8 Å². The van der Waals surface area contributed by atoms with Gasteiger partial charge in [-0.05, 0) is 45.7 Å². The lowest BCUT2D eigenvalue weighted by atomic mass is 9.94. The van der Waals surface area contributed by atoms with Gasteiger partial charge < -0.3 is 9.47 Å². The first kappa shape index (κ1) is 16.2. The Kier molecular flexibility index (Phi) is 3.47. The maximum Gasteiger partial charge on any atom is 0.221 e. The Labute approximate surface area is 149 Å². The molecule has 25 heavy (non-hydrogen) atoms. The van der Waals surface area contributed by atoms with E-state index in [1.165, 1.54) is 5.56 Å². The van der Waals surface area contributed by atoms with Crippen LogP contribution in [0.3, 0.4) is 0 Å². The van der Waals surface area contributed by atoms with E-state index >= 15 is 0 Å². The molecule has 2 heterocycles. The lowest BCUT2D eigenvalue weighted by molar-refractivity contribution is 0.138. The second kappa shape index (κ2) is 5.35. The van der Waals surface area contributed by atoms with E-state index in [0.29, 0.717) is 5.90 Å². The molecular weight excluding hydrogens is 310 g/mol. The van der Waals surface area contributed by atoms with Crippen molar-refractivity contribution in [2.75, 3.05) is 0 Å². The molecule has 0 aromatic heterocycles. The number of hydrogen-bond donors (Lipinski definition) is 0. The SMILES string of the molecule is CC(C)(C)N=C1OC(c2ccccc2)c2ccc3c(c21)OC(C)(C)C3. The molecule has 0 fully saturated rings. The average molecular weight is 335 g/mol. The van der Waals surface area contributed by atoms with Crippen LogP contribution in [0.2, 0.25) is 0 Å². The van der Waals surface area contributed by atoms with E-state index in [2.05, 4.69) is 58.9 Å². The third-order valence-electron chi connectivity index (χ3n) is 4.53. The predicted molar refractivity (Wildman–Crippen MR) is 101 cm³/mol. The molecule has 0 aliphatic carbocycles. The zero-order valence-corrected chi connectivity index (χ0v) is 15.6. The Morgan fingerprint density at radius 1 is 1.04 bits per heavy atom. The summed E-state index contributed by atoms with van der Waals surface area (Å²) in [6, 6.07) is 14.7. The van der Waals surface area contributed by atoms with Crippen molar-refractivity contribution in [2.24, 2.45) is 4.99 Å². The van der Waals surface area contributed by atoms with Crippen LogP contribution in [0.25, 0.3) is 0 Å². The summed E-state index contributed by atoms with van der Waals surface area (Å²) in [6.45, 7) is 10.5. The zero-order valence-electron chi connectivity index (χ0n) is 15.6. The first-order valence-electron chi connectivity index (χ1n) is 8.90. The quantitative estimate of drug-likeness (QED) is 0.729. The maximum atomic E-state index is 6.36. The van der Waals surface area contributed by atoms with Crippen molar-refractivity contribution in [3.8, 4) is 5.75 Å². The van der Waals surface area contributed by atoms with Gasteiger partial charge in [0.25, 0.3) is 0 Å². The third kappa shape index (κ3) is 2.92. The van der Waals surface area contributed by atoms with Crippen molar-refractivity contribution in [2.45, 2.75) is 58.3 Å². The van der Waals surface area contributed by atoms with Crippen molar-refractivity contribution in [1.29, 1.82) is 0 Å².